The third kappa shape index (κ3) is 3.95. The van der Waals surface area contributed by atoms with Crippen LogP contribution in [0.4, 0.5) is 11.9 Å². The van der Waals surface area contributed by atoms with Crippen molar-refractivity contribution in [1.29, 1.82) is 0 Å². The molecule has 1 aromatic heterocycles. The normalized spacial score (nSPS) is 9.44. The Balaban J connectivity index is 2.67. The fourth-order valence-corrected chi connectivity index (χ4v) is 1.62. The van der Waals surface area contributed by atoms with E-state index in [1.807, 2.05) is 21.0 Å². The molecule has 0 saturated carbocycles. The number of thioether (sulfide) groups is 1. The number of nitrogens with two attached hydrogens (primary N) is 1. The lowest BCUT2D eigenvalue weighted by Gasteiger charge is -2.10. The first-order chi connectivity index (χ1) is 7.63. The molecule has 0 spiro atoms. The van der Waals surface area contributed by atoms with Gasteiger partial charge in [-0.3, -0.25) is 0 Å². The molecule has 0 aromatic carbocycles. The van der Waals surface area contributed by atoms with Crippen molar-refractivity contribution in [1.82, 2.24) is 15.0 Å². The van der Waals surface area contributed by atoms with Gasteiger partial charge in [-0.25, -0.2) is 0 Å². The molecule has 2 N–H and O–H groups in total. The molecule has 6 heteroatoms. The molecule has 0 saturated heterocycles. The topological polar surface area (TPSA) is 67.9 Å². The van der Waals surface area contributed by atoms with Gasteiger partial charge < -0.3 is 10.6 Å². The van der Waals surface area contributed by atoms with E-state index >= 15 is 0 Å². The zero-order valence-corrected chi connectivity index (χ0v) is 10.5. The number of aromatic nitrogens is 3. The molecule has 86 valence electrons. The molecule has 0 aliphatic carbocycles. The van der Waals surface area contributed by atoms with E-state index in [1.54, 1.807) is 16.7 Å². The molecule has 1 heterocycles. The second-order valence-electron chi connectivity index (χ2n) is 3.22. The Labute approximate surface area is 99.9 Å². The standard InChI is InChI=1S/C10H15N5S/c1-4-5-6-16-7-8-12-9(11)14-10(13-8)15(2)3/h6-7H2,1-3H3,(H2,11,12,13,14). The minimum atomic E-state index is 0.260. The number of rotatable bonds is 4. The number of anilines is 2. The molecule has 0 amide bonds. The van der Waals surface area contributed by atoms with Crippen molar-refractivity contribution in [3.63, 3.8) is 0 Å². The maximum Gasteiger partial charge on any atom is 0.229 e. The van der Waals surface area contributed by atoms with Crippen LogP contribution in [-0.2, 0) is 5.75 Å². The van der Waals surface area contributed by atoms with Crippen LogP contribution in [0.1, 0.15) is 12.7 Å². The van der Waals surface area contributed by atoms with Crippen molar-refractivity contribution in [2.24, 2.45) is 0 Å². The Bertz CT molecular complexity index is 407. The largest absolute Gasteiger partial charge is 0.368 e. The molecule has 0 bridgehead atoms. The quantitative estimate of drug-likeness (QED) is 0.616. The summed E-state index contributed by atoms with van der Waals surface area (Å²) in [6.45, 7) is 1.83. The van der Waals surface area contributed by atoms with Crippen LogP contribution in [0.5, 0.6) is 0 Å². The van der Waals surface area contributed by atoms with Gasteiger partial charge >= 0.3 is 0 Å². The molecule has 0 radical (unpaired) electrons. The van der Waals surface area contributed by atoms with Crippen LogP contribution in [-0.4, -0.2) is 34.8 Å². The second kappa shape index (κ2) is 6.18. The summed E-state index contributed by atoms with van der Waals surface area (Å²) in [7, 11) is 3.74. The number of nitrogen functional groups attached to an aromatic ring is 1. The summed E-state index contributed by atoms with van der Waals surface area (Å²) in [5, 5.41) is 0. The van der Waals surface area contributed by atoms with Crippen molar-refractivity contribution in [2.45, 2.75) is 12.7 Å². The van der Waals surface area contributed by atoms with Crippen LogP contribution in [0.15, 0.2) is 0 Å². The Morgan fingerprint density at radius 2 is 2.06 bits per heavy atom. The summed E-state index contributed by atoms with van der Waals surface area (Å²) < 4.78 is 0. The first-order valence-electron chi connectivity index (χ1n) is 4.78. The maximum atomic E-state index is 5.60. The highest BCUT2D eigenvalue weighted by Gasteiger charge is 2.05. The molecular formula is C10H15N5S. The zero-order chi connectivity index (χ0) is 12.0. The maximum absolute atomic E-state index is 5.60. The Kier molecular flexibility index (Phi) is 4.86. The second-order valence-corrected chi connectivity index (χ2v) is 4.21. The van der Waals surface area contributed by atoms with Gasteiger partial charge in [-0.05, 0) is 6.92 Å². The summed E-state index contributed by atoms with van der Waals surface area (Å²) in [5.74, 6) is 8.82. The molecule has 0 unspecified atom stereocenters. The van der Waals surface area contributed by atoms with Crippen LogP contribution in [0, 0.1) is 11.8 Å². The van der Waals surface area contributed by atoms with Crippen LogP contribution in [0.3, 0.4) is 0 Å². The number of hydrogen-bond donors (Lipinski definition) is 1. The monoisotopic (exact) mass is 237 g/mol. The summed E-state index contributed by atoms with van der Waals surface area (Å²) in [6, 6.07) is 0. The van der Waals surface area contributed by atoms with Gasteiger partial charge in [0.05, 0.1) is 11.5 Å². The van der Waals surface area contributed by atoms with E-state index in [9.17, 15) is 0 Å². The number of hydrogen-bond acceptors (Lipinski definition) is 6. The van der Waals surface area contributed by atoms with Gasteiger partial charge in [0, 0.05) is 14.1 Å². The minimum Gasteiger partial charge on any atom is -0.368 e. The highest BCUT2D eigenvalue weighted by Crippen LogP contribution is 2.11. The van der Waals surface area contributed by atoms with Gasteiger partial charge in [0.25, 0.3) is 0 Å². The van der Waals surface area contributed by atoms with E-state index in [0.29, 0.717) is 17.5 Å². The van der Waals surface area contributed by atoms with Crippen molar-refractivity contribution < 1.29 is 0 Å². The lowest BCUT2D eigenvalue weighted by atomic mass is 10.6. The average molecular weight is 237 g/mol. The summed E-state index contributed by atoms with van der Waals surface area (Å²) in [4.78, 5) is 14.2. The minimum absolute atomic E-state index is 0.260. The summed E-state index contributed by atoms with van der Waals surface area (Å²) in [6.07, 6.45) is 0. The van der Waals surface area contributed by atoms with Crippen LogP contribution in [0.25, 0.3) is 0 Å². The Morgan fingerprint density at radius 1 is 1.31 bits per heavy atom. The summed E-state index contributed by atoms with van der Waals surface area (Å²) >= 11 is 1.66. The van der Waals surface area contributed by atoms with Gasteiger partial charge in [-0.2, -0.15) is 15.0 Å². The fourth-order valence-electron chi connectivity index (χ4n) is 0.955. The smallest absolute Gasteiger partial charge is 0.229 e. The van der Waals surface area contributed by atoms with Crippen molar-refractivity contribution >= 4 is 23.7 Å². The molecular weight excluding hydrogens is 222 g/mol. The van der Waals surface area contributed by atoms with E-state index in [-0.39, 0.29) is 5.95 Å². The van der Waals surface area contributed by atoms with Gasteiger partial charge in [-0.15, -0.1) is 17.7 Å². The van der Waals surface area contributed by atoms with Crippen molar-refractivity contribution in [2.75, 3.05) is 30.5 Å². The van der Waals surface area contributed by atoms with Crippen LogP contribution < -0.4 is 10.6 Å². The third-order valence-electron chi connectivity index (χ3n) is 1.67. The number of nitrogens with zero attached hydrogens (tertiary/aromatic N) is 4. The molecule has 0 aliphatic rings. The first-order valence-corrected chi connectivity index (χ1v) is 5.94. The third-order valence-corrected chi connectivity index (χ3v) is 2.48. The predicted molar refractivity (Wildman–Crippen MR) is 68.2 cm³/mol. The first kappa shape index (κ1) is 12.6. The van der Waals surface area contributed by atoms with Gasteiger partial charge in [0.15, 0.2) is 0 Å². The highest BCUT2D eigenvalue weighted by molar-refractivity contribution is 7.98. The molecule has 5 nitrogen and oxygen atoms in total. The summed E-state index contributed by atoms with van der Waals surface area (Å²) in [5.41, 5.74) is 5.60. The SMILES string of the molecule is CC#CCSCc1nc(N)nc(N(C)C)n1. The van der Waals surface area contributed by atoms with E-state index in [1.165, 1.54) is 0 Å². The fraction of sp³-hybridized carbons (Fsp3) is 0.500. The van der Waals surface area contributed by atoms with Crippen LogP contribution >= 0.6 is 11.8 Å². The molecule has 0 aliphatic heterocycles. The van der Waals surface area contributed by atoms with Gasteiger partial charge in [0.2, 0.25) is 11.9 Å². The van der Waals surface area contributed by atoms with E-state index in [4.69, 9.17) is 5.73 Å². The molecule has 16 heavy (non-hydrogen) atoms. The van der Waals surface area contributed by atoms with Crippen LogP contribution in [0.2, 0.25) is 0 Å². The molecule has 0 atom stereocenters. The zero-order valence-electron chi connectivity index (χ0n) is 9.69. The predicted octanol–water partition coefficient (Wildman–Crippen LogP) is 0.776. The van der Waals surface area contributed by atoms with Crippen molar-refractivity contribution in [3.05, 3.63) is 5.82 Å². The highest BCUT2D eigenvalue weighted by atomic mass is 32.2. The van der Waals surface area contributed by atoms with E-state index < -0.39 is 0 Å². The van der Waals surface area contributed by atoms with Gasteiger partial charge in [0.1, 0.15) is 5.82 Å². The van der Waals surface area contributed by atoms with E-state index in [0.717, 1.165) is 5.75 Å². The molecule has 1 aromatic rings. The van der Waals surface area contributed by atoms with Gasteiger partial charge in [-0.1, -0.05) is 5.92 Å². The Hall–Kier alpha value is -1.48. The van der Waals surface area contributed by atoms with Crippen molar-refractivity contribution in [3.8, 4) is 11.8 Å². The molecule has 0 fully saturated rings. The lowest BCUT2D eigenvalue weighted by Crippen LogP contribution is -2.15. The average Bonchev–Trinajstić information content (AvgIpc) is 2.23. The molecule has 1 rings (SSSR count). The lowest BCUT2D eigenvalue weighted by molar-refractivity contribution is 0.919. The van der Waals surface area contributed by atoms with E-state index in [2.05, 4.69) is 26.8 Å². The Morgan fingerprint density at radius 3 is 2.69 bits per heavy atom.